The van der Waals surface area contributed by atoms with Gasteiger partial charge in [-0.3, -0.25) is 0 Å². The zero-order valence-corrected chi connectivity index (χ0v) is 14.3. The van der Waals surface area contributed by atoms with Gasteiger partial charge in [-0.25, -0.2) is 0 Å². The van der Waals surface area contributed by atoms with Gasteiger partial charge in [0.15, 0.2) is 0 Å². The normalized spacial score (nSPS) is 13.4. The largest absolute Gasteiger partial charge is 0.680 e. The zero-order valence-electron chi connectivity index (χ0n) is 12.5. The maximum atomic E-state index is 6.01. The molecule has 0 aliphatic heterocycles. The van der Waals surface area contributed by atoms with Crippen LogP contribution in [-0.4, -0.2) is 28.9 Å². The number of hydrogen-bond acceptors (Lipinski definition) is 4. The fourth-order valence-electron chi connectivity index (χ4n) is 1.78. The summed E-state index contributed by atoms with van der Waals surface area (Å²) in [5, 5.41) is 0.698. The summed E-state index contributed by atoms with van der Waals surface area (Å²) in [4.78, 5) is 0. The summed E-state index contributed by atoms with van der Waals surface area (Å²) in [6, 6.07) is 7.52. The molecule has 1 aromatic carbocycles. The van der Waals surface area contributed by atoms with Crippen molar-refractivity contribution in [2.24, 2.45) is 0 Å². The van der Waals surface area contributed by atoms with Crippen molar-refractivity contribution in [3.63, 3.8) is 0 Å². The third-order valence-electron chi connectivity index (χ3n) is 2.62. The lowest BCUT2D eigenvalue weighted by Gasteiger charge is -2.29. The van der Waals surface area contributed by atoms with Gasteiger partial charge in [-0.15, -0.1) is 0 Å². The first kappa shape index (κ1) is 17.6. The van der Waals surface area contributed by atoms with E-state index in [0.717, 1.165) is 5.56 Å². The lowest BCUT2D eigenvalue weighted by molar-refractivity contribution is -0.0471. The van der Waals surface area contributed by atoms with Crippen LogP contribution >= 0.6 is 11.6 Å². The molecule has 0 heterocycles. The molecule has 20 heavy (non-hydrogen) atoms. The van der Waals surface area contributed by atoms with Crippen LogP contribution in [0.3, 0.4) is 0 Å². The average Bonchev–Trinajstić information content (AvgIpc) is 2.40. The van der Waals surface area contributed by atoms with E-state index in [9.17, 15) is 0 Å². The smallest absolute Gasteiger partial charge is 0.351 e. The second kappa shape index (κ2) is 8.77. The maximum Gasteiger partial charge on any atom is 0.680 e. The zero-order chi connectivity index (χ0) is 15.0. The number of hydrogen-bond donors (Lipinski definition) is 0. The molecule has 1 aromatic rings. The Morgan fingerprint density at radius 3 is 1.80 bits per heavy atom. The van der Waals surface area contributed by atoms with Gasteiger partial charge in [0.2, 0.25) is 0 Å². The predicted molar refractivity (Wildman–Crippen MR) is 81.6 cm³/mol. The molecule has 0 N–H and O–H groups in total. The van der Waals surface area contributed by atoms with E-state index in [1.807, 2.05) is 52.0 Å². The first-order valence-electron chi connectivity index (χ1n) is 6.92. The van der Waals surface area contributed by atoms with Crippen LogP contribution in [0.25, 0.3) is 0 Å². The topological polar surface area (TPSA) is 36.9 Å². The molecule has 0 aromatic heterocycles. The molecular weight excluding hydrogens is 296 g/mol. The second-order valence-corrected chi connectivity index (χ2v) is 6.65. The van der Waals surface area contributed by atoms with Crippen molar-refractivity contribution in [3.05, 3.63) is 34.9 Å². The van der Waals surface area contributed by atoms with E-state index < -0.39 is 9.05 Å². The molecule has 0 unspecified atom stereocenters. The van der Waals surface area contributed by atoms with E-state index in [1.165, 1.54) is 0 Å². The number of halogens is 1. The van der Waals surface area contributed by atoms with E-state index in [4.69, 9.17) is 29.3 Å². The van der Waals surface area contributed by atoms with E-state index in [-0.39, 0.29) is 6.10 Å². The molecule has 6 heteroatoms. The molecule has 0 amide bonds. The van der Waals surface area contributed by atoms with Gasteiger partial charge in [0.05, 0.1) is 6.10 Å². The molecule has 0 fully saturated rings. The highest BCUT2D eigenvalue weighted by atomic mass is 35.5. The van der Waals surface area contributed by atoms with Gasteiger partial charge in [-0.1, -0.05) is 23.7 Å². The summed E-state index contributed by atoms with van der Waals surface area (Å²) >= 11 is 5.89. The summed E-state index contributed by atoms with van der Waals surface area (Å²) in [5.74, 6) is 0. The summed E-state index contributed by atoms with van der Waals surface area (Å²) in [6.45, 7) is 9.10. The quantitative estimate of drug-likeness (QED) is 0.646. The molecule has 1 atom stereocenters. The fraction of sp³-hybridized carbons (Fsp3) is 0.571. The summed E-state index contributed by atoms with van der Waals surface area (Å²) in [7, 11) is -3.09. The average molecular weight is 319 g/mol. The van der Waals surface area contributed by atoms with Crippen LogP contribution in [0.1, 0.15) is 39.4 Å². The summed E-state index contributed by atoms with van der Waals surface area (Å²) < 4.78 is 23.0. The van der Waals surface area contributed by atoms with Crippen LogP contribution in [0.4, 0.5) is 0 Å². The van der Waals surface area contributed by atoms with Gasteiger partial charge in [0, 0.05) is 24.8 Å². The van der Waals surface area contributed by atoms with E-state index in [2.05, 4.69) is 0 Å². The third kappa shape index (κ3) is 5.16. The molecule has 1 rings (SSSR count). The lowest BCUT2D eigenvalue weighted by Crippen LogP contribution is -2.49. The van der Waals surface area contributed by atoms with E-state index in [1.54, 1.807) is 0 Å². The Balaban J connectivity index is 2.83. The SMILES string of the molecule is CCO[Si](OCC)(OCC)O[C@H](C)c1ccc(Cl)cc1. The van der Waals surface area contributed by atoms with Crippen molar-refractivity contribution in [2.75, 3.05) is 19.8 Å². The Labute approximate surface area is 127 Å². The minimum Gasteiger partial charge on any atom is -0.351 e. The molecule has 0 saturated carbocycles. The van der Waals surface area contributed by atoms with Crippen LogP contribution in [-0.2, 0) is 17.7 Å². The van der Waals surface area contributed by atoms with Crippen LogP contribution in [0, 0.1) is 0 Å². The van der Waals surface area contributed by atoms with Gasteiger partial charge in [0.25, 0.3) is 0 Å². The van der Waals surface area contributed by atoms with Crippen LogP contribution < -0.4 is 0 Å². The van der Waals surface area contributed by atoms with Crippen molar-refractivity contribution in [1.29, 1.82) is 0 Å². The fourth-order valence-corrected chi connectivity index (χ4v) is 3.99. The Hall–Kier alpha value is -0.433. The molecule has 0 bridgehead atoms. The minimum atomic E-state index is -3.09. The van der Waals surface area contributed by atoms with E-state index >= 15 is 0 Å². The number of benzene rings is 1. The van der Waals surface area contributed by atoms with Crippen molar-refractivity contribution in [2.45, 2.75) is 33.8 Å². The van der Waals surface area contributed by atoms with Crippen LogP contribution in [0.5, 0.6) is 0 Å². The van der Waals surface area contributed by atoms with Crippen LogP contribution in [0.2, 0.25) is 5.02 Å². The lowest BCUT2D eigenvalue weighted by atomic mass is 10.1. The Bertz CT molecular complexity index is 368. The second-order valence-electron chi connectivity index (χ2n) is 4.11. The maximum absolute atomic E-state index is 6.01. The number of rotatable bonds is 9. The molecule has 0 aliphatic rings. The molecule has 0 spiro atoms. The Morgan fingerprint density at radius 2 is 1.40 bits per heavy atom. The van der Waals surface area contributed by atoms with Crippen molar-refractivity contribution in [3.8, 4) is 0 Å². The standard InChI is InChI=1S/C14H23ClO4Si/c1-5-16-20(17-6-2,18-7-3)19-12(4)13-8-10-14(15)11-9-13/h8-12H,5-7H2,1-4H3/t12-/m1/s1. The highest BCUT2D eigenvalue weighted by Crippen LogP contribution is 2.25. The van der Waals surface area contributed by atoms with E-state index in [0.29, 0.717) is 24.8 Å². The van der Waals surface area contributed by atoms with Gasteiger partial charge >= 0.3 is 9.05 Å². The monoisotopic (exact) mass is 318 g/mol. The van der Waals surface area contributed by atoms with Gasteiger partial charge in [-0.05, 0) is 45.4 Å². The van der Waals surface area contributed by atoms with Gasteiger partial charge in [-0.2, -0.15) is 0 Å². The molecule has 0 saturated heterocycles. The molecule has 0 radical (unpaired) electrons. The molecule has 0 aliphatic carbocycles. The highest BCUT2D eigenvalue weighted by molar-refractivity contribution is 6.53. The van der Waals surface area contributed by atoms with Crippen LogP contribution in [0.15, 0.2) is 24.3 Å². The Morgan fingerprint density at radius 1 is 0.950 bits per heavy atom. The first-order valence-corrected chi connectivity index (χ1v) is 8.93. The first-order chi connectivity index (χ1) is 9.56. The van der Waals surface area contributed by atoms with Crippen molar-refractivity contribution >= 4 is 20.6 Å². The van der Waals surface area contributed by atoms with Crippen molar-refractivity contribution < 1.29 is 17.7 Å². The summed E-state index contributed by atoms with van der Waals surface area (Å²) in [5.41, 5.74) is 1.00. The minimum absolute atomic E-state index is 0.191. The van der Waals surface area contributed by atoms with Crippen molar-refractivity contribution in [1.82, 2.24) is 0 Å². The molecular formula is C14H23ClO4Si. The van der Waals surface area contributed by atoms with Gasteiger partial charge < -0.3 is 17.7 Å². The summed E-state index contributed by atoms with van der Waals surface area (Å²) in [6.07, 6.45) is -0.191. The van der Waals surface area contributed by atoms with Gasteiger partial charge in [0.1, 0.15) is 0 Å². The highest BCUT2D eigenvalue weighted by Gasteiger charge is 2.46. The third-order valence-corrected chi connectivity index (χ3v) is 5.44. The predicted octanol–water partition coefficient (Wildman–Crippen LogP) is 3.96. The Kier molecular flexibility index (Phi) is 7.72. The molecule has 4 nitrogen and oxygen atoms in total. The molecule has 114 valence electrons.